The second-order valence-electron chi connectivity index (χ2n) is 5.05. The minimum Gasteiger partial charge on any atom is -0.310 e. The van der Waals surface area contributed by atoms with Crippen LogP contribution in [-0.2, 0) is 6.42 Å². The molecule has 0 radical (unpaired) electrons. The fourth-order valence-electron chi connectivity index (χ4n) is 2.44. The van der Waals surface area contributed by atoms with Crippen molar-refractivity contribution in [1.82, 2.24) is 5.32 Å². The molecule has 112 valence electrons. The predicted molar refractivity (Wildman–Crippen MR) is 92.8 cm³/mol. The van der Waals surface area contributed by atoms with E-state index in [0.717, 1.165) is 28.6 Å². The van der Waals surface area contributed by atoms with E-state index in [1.54, 1.807) is 6.07 Å². The first-order valence-electron chi connectivity index (χ1n) is 6.94. The lowest BCUT2D eigenvalue weighted by atomic mass is 9.95. The Balaban J connectivity index is 2.35. The van der Waals surface area contributed by atoms with Crippen LogP contribution in [0.1, 0.15) is 29.7 Å². The van der Waals surface area contributed by atoms with Crippen LogP contribution in [0.25, 0.3) is 0 Å². The van der Waals surface area contributed by atoms with Gasteiger partial charge in [-0.15, -0.1) is 0 Å². The summed E-state index contributed by atoms with van der Waals surface area (Å²) in [6.45, 7) is 5.05. The zero-order valence-corrected chi connectivity index (χ0v) is 14.4. The number of likely N-dealkylation sites (N-methyl/N-ethyl adjacent to an activating group) is 1. The highest BCUT2D eigenvalue weighted by Crippen LogP contribution is 2.29. The standard InChI is InChI=1S/C17H18Cl3N/c1-3-21-17(15-10-14(19)5-4-11(15)2)9-12-8-13(18)6-7-16(12)20/h4-8,10,17,21H,3,9H2,1-2H3. The number of aryl methyl sites for hydroxylation is 1. The third-order valence-electron chi connectivity index (χ3n) is 3.50. The Morgan fingerprint density at radius 1 is 1.00 bits per heavy atom. The van der Waals surface area contributed by atoms with Gasteiger partial charge in [-0.05, 0) is 66.9 Å². The largest absolute Gasteiger partial charge is 0.310 e. The number of benzene rings is 2. The molecule has 0 fully saturated rings. The number of hydrogen-bond donors (Lipinski definition) is 1. The molecule has 2 aromatic rings. The molecule has 1 unspecified atom stereocenters. The summed E-state index contributed by atoms with van der Waals surface area (Å²) in [5.41, 5.74) is 3.44. The average Bonchev–Trinajstić information content (AvgIpc) is 2.45. The molecular formula is C17H18Cl3N. The van der Waals surface area contributed by atoms with E-state index < -0.39 is 0 Å². The van der Waals surface area contributed by atoms with Gasteiger partial charge in [-0.2, -0.15) is 0 Å². The van der Waals surface area contributed by atoms with Crippen LogP contribution in [0.5, 0.6) is 0 Å². The lowest BCUT2D eigenvalue weighted by molar-refractivity contribution is 0.547. The maximum absolute atomic E-state index is 6.29. The molecule has 1 atom stereocenters. The van der Waals surface area contributed by atoms with Crippen LogP contribution in [0.15, 0.2) is 36.4 Å². The van der Waals surface area contributed by atoms with Gasteiger partial charge in [0.25, 0.3) is 0 Å². The Hall–Kier alpha value is -0.730. The Bertz CT molecular complexity index is 625. The molecule has 0 amide bonds. The third kappa shape index (κ3) is 4.37. The summed E-state index contributed by atoms with van der Waals surface area (Å²) in [6.07, 6.45) is 0.772. The van der Waals surface area contributed by atoms with Crippen molar-refractivity contribution in [3.63, 3.8) is 0 Å². The molecule has 21 heavy (non-hydrogen) atoms. The van der Waals surface area contributed by atoms with Crippen LogP contribution >= 0.6 is 34.8 Å². The van der Waals surface area contributed by atoms with Crippen LogP contribution in [0.2, 0.25) is 15.1 Å². The quantitative estimate of drug-likeness (QED) is 0.719. The first kappa shape index (κ1) is 16.6. The van der Waals surface area contributed by atoms with Crippen molar-refractivity contribution in [1.29, 1.82) is 0 Å². The smallest absolute Gasteiger partial charge is 0.0439 e. The molecular weight excluding hydrogens is 325 g/mol. The van der Waals surface area contributed by atoms with Crippen molar-refractivity contribution in [2.24, 2.45) is 0 Å². The topological polar surface area (TPSA) is 12.0 Å². The molecule has 1 nitrogen and oxygen atoms in total. The van der Waals surface area contributed by atoms with E-state index in [1.165, 1.54) is 11.1 Å². The van der Waals surface area contributed by atoms with E-state index >= 15 is 0 Å². The SMILES string of the molecule is CCNC(Cc1cc(Cl)ccc1Cl)c1cc(Cl)ccc1C. The highest BCUT2D eigenvalue weighted by molar-refractivity contribution is 6.33. The average molecular weight is 343 g/mol. The minimum absolute atomic E-state index is 0.157. The van der Waals surface area contributed by atoms with E-state index in [1.807, 2.05) is 30.3 Å². The van der Waals surface area contributed by atoms with Crippen molar-refractivity contribution in [2.75, 3.05) is 6.54 Å². The molecule has 0 bridgehead atoms. The van der Waals surface area contributed by atoms with E-state index in [4.69, 9.17) is 34.8 Å². The maximum Gasteiger partial charge on any atom is 0.0439 e. The number of halogens is 3. The monoisotopic (exact) mass is 341 g/mol. The van der Waals surface area contributed by atoms with Gasteiger partial charge in [0.15, 0.2) is 0 Å². The second-order valence-corrected chi connectivity index (χ2v) is 6.33. The molecule has 0 heterocycles. The molecule has 1 N–H and O–H groups in total. The van der Waals surface area contributed by atoms with Crippen LogP contribution in [0.4, 0.5) is 0 Å². The Morgan fingerprint density at radius 2 is 1.67 bits per heavy atom. The molecule has 0 aliphatic rings. The highest BCUT2D eigenvalue weighted by atomic mass is 35.5. The third-order valence-corrected chi connectivity index (χ3v) is 4.34. The molecule has 2 aromatic carbocycles. The van der Waals surface area contributed by atoms with Crippen molar-refractivity contribution < 1.29 is 0 Å². The summed E-state index contributed by atoms with van der Waals surface area (Å²) in [4.78, 5) is 0. The maximum atomic E-state index is 6.29. The fourth-order valence-corrected chi connectivity index (χ4v) is 3.01. The van der Waals surface area contributed by atoms with Gasteiger partial charge in [0.2, 0.25) is 0 Å². The molecule has 2 rings (SSSR count). The first-order valence-corrected chi connectivity index (χ1v) is 8.08. The normalized spacial score (nSPS) is 12.4. The fraction of sp³-hybridized carbons (Fsp3) is 0.294. The zero-order valence-electron chi connectivity index (χ0n) is 12.1. The summed E-state index contributed by atoms with van der Waals surface area (Å²) >= 11 is 18.5. The van der Waals surface area contributed by atoms with Gasteiger partial charge in [-0.3, -0.25) is 0 Å². The minimum atomic E-state index is 0.157. The van der Waals surface area contributed by atoms with Gasteiger partial charge < -0.3 is 5.32 Å². The van der Waals surface area contributed by atoms with Gasteiger partial charge in [0.05, 0.1) is 0 Å². The zero-order chi connectivity index (χ0) is 15.4. The summed E-state index contributed by atoms with van der Waals surface area (Å²) in [5.74, 6) is 0. The first-order chi connectivity index (χ1) is 10.0. The summed E-state index contributed by atoms with van der Waals surface area (Å²) in [5, 5.41) is 5.69. The van der Waals surface area contributed by atoms with E-state index in [9.17, 15) is 0 Å². The van der Waals surface area contributed by atoms with Crippen molar-refractivity contribution in [3.05, 3.63) is 68.2 Å². The van der Waals surface area contributed by atoms with Gasteiger partial charge >= 0.3 is 0 Å². The Morgan fingerprint density at radius 3 is 2.38 bits per heavy atom. The molecule has 0 saturated heterocycles. The molecule has 0 spiro atoms. The molecule has 0 aliphatic heterocycles. The van der Waals surface area contributed by atoms with E-state index in [0.29, 0.717) is 5.02 Å². The van der Waals surface area contributed by atoms with Crippen LogP contribution in [-0.4, -0.2) is 6.54 Å². The number of rotatable bonds is 5. The number of nitrogens with one attached hydrogen (secondary N) is 1. The Kier molecular flexibility index (Phi) is 5.95. The summed E-state index contributed by atoms with van der Waals surface area (Å²) in [7, 11) is 0. The summed E-state index contributed by atoms with van der Waals surface area (Å²) in [6, 6.07) is 11.7. The van der Waals surface area contributed by atoms with Gasteiger partial charge in [-0.1, -0.05) is 47.8 Å². The van der Waals surface area contributed by atoms with E-state index in [-0.39, 0.29) is 6.04 Å². The van der Waals surface area contributed by atoms with Crippen LogP contribution in [0.3, 0.4) is 0 Å². The van der Waals surface area contributed by atoms with Crippen LogP contribution in [0, 0.1) is 6.92 Å². The van der Waals surface area contributed by atoms with Crippen molar-refractivity contribution >= 4 is 34.8 Å². The van der Waals surface area contributed by atoms with E-state index in [2.05, 4.69) is 19.2 Å². The van der Waals surface area contributed by atoms with Gasteiger partial charge in [0.1, 0.15) is 0 Å². The highest BCUT2D eigenvalue weighted by Gasteiger charge is 2.16. The lowest BCUT2D eigenvalue weighted by Gasteiger charge is -2.21. The summed E-state index contributed by atoms with van der Waals surface area (Å²) < 4.78 is 0. The van der Waals surface area contributed by atoms with Crippen LogP contribution < -0.4 is 5.32 Å². The van der Waals surface area contributed by atoms with Crippen molar-refractivity contribution in [3.8, 4) is 0 Å². The van der Waals surface area contributed by atoms with Gasteiger partial charge in [-0.25, -0.2) is 0 Å². The molecule has 4 heteroatoms. The molecule has 0 aromatic heterocycles. The molecule has 0 aliphatic carbocycles. The lowest BCUT2D eigenvalue weighted by Crippen LogP contribution is -2.24. The van der Waals surface area contributed by atoms with Crippen molar-refractivity contribution in [2.45, 2.75) is 26.3 Å². The van der Waals surface area contributed by atoms with Gasteiger partial charge in [0, 0.05) is 21.1 Å². The second kappa shape index (κ2) is 7.51. The Labute approximate surface area is 141 Å². The number of hydrogen-bond acceptors (Lipinski definition) is 1. The molecule has 0 saturated carbocycles. The predicted octanol–water partition coefficient (Wildman–Crippen LogP) is 5.85.